The first kappa shape index (κ1) is 20.2. The molecular formula is C23H30N2O3. The number of nitrogens with zero attached hydrogens (tertiary/aromatic N) is 2. The standard InChI is InChI=1S/C23H30N2O3/c1-3-7-19-8-4-5-11-23(19)28-18-21(26)17-24-12-14-25(15-13-24)20-9-6-10-22(16-20)27-2/h3-6,8-11,16,21,26H,1,7,12-15,17-18H2,2H3. The molecule has 0 aliphatic carbocycles. The molecule has 5 nitrogen and oxygen atoms in total. The van der Waals surface area contributed by atoms with E-state index < -0.39 is 6.10 Å². The largest absolute Gasteiger partial charge is 0.497 e. The van der Waals surface area contributed by atoms with Crippen molar-refractivity contribution in [3.05, 3.63) is 66.7 Å². The van der Waals surface area contributed by atoms with Gasteiger partial charge in [0, 0.05) is 44.5 Å². The highest BCUT2D eigenvalue weighted by atomic mass is 16.5. The van der Waals surface area contributed by atoms with Gasteiger partial charge in [0.05, 0.1) is 7.11 Å². The van der Waals surface area contributed by atoms with Gasteiger partial charge in [-0.05, 0) is 30.2 Å². The SMILES string of the molecule is C=CCc1ccccc1OCC(O)CN1CCN(c2cccc(OC)c2)CC1. The number of methoxy groups -OCH3 is 1. The number of benzene rings is 2. The Hall–Kier alpha value is -2.50. The first-order valence-electron chi connectivity index (χ1n) is 9.80. The van der Waals surface area contributed by atoms with Gasteiger partial charge in [-0.1, -0.05) is 30.3 Å². The van der Waals surface area contributed by atoms with E-state index in [0.717, 1.165) is 49.7 Å². The molecule has 1 fully saturated rings. The van der Waals surface area contributed by atoms with E-state index >= 15 is 0 Å². The molecule has 1 aliphatic heterocycles. The van der Waals surface area contributed by atoms with Gasteiger partial charge in [-0.15, -0.1) is 6.58 Å². The maximum absolute atomic E-state index is 10.4. The highest BCUT2D eigenvalue weighted by Gasteiger charge is 2.20. The van der Waals surface area contributed by atoms with Gasteiger partial charge in [-0.3, -0.25) is 4.90 Å². The highest BCUT2D eigenvalue weighted by Crippen LogP contribution is 2.22. The van der Waals surface area contributed by atoms with Crippen LogP contribution in [0.2, 0.25) is 0 Å². The van der Waals surface area contributed by atoms with Crippen LogP contribution in [0.25, 0.3) is 0 Å². The van der Waals surface area contributed by atoms with E-state index in [-0.39, 0.29) is 0 Å². The van der Waals surface area contributed by atoms with Gasteiger partial charge >= 0.3 is 0 Å². The molecule has 28 heavy (non-hydrogen) atoms. The maximum Gasteiger partial charge on any atom is 0.122 e. The molecule has 1 N–H and O–H groups in total. The number of allylic oxidation sites excluding steroid dienone is 1. The molecule has 0 saturated carbocycles. The van der Waals surface area contributed by atoms with Crippen LogP contribution in [0.3, 0.4) is 0 Å². The fourth-order valence-electron chi connectivity index (χ4n) is 3.50. The predicted molar refractivity (Wildman–Crippen MR) is 113 cm³/mol. The number of aliphatic hydroxyl groups excluding tert-OH is 1. The third kappa shape index (κ3) is 5.50. The summed E-state index contributed by atoms with van der Waals surface area (Å²) in [6, 6.07) is 16.1. The fraction of sp³-hybridized carbons (Fsp3) is 0.391. The minimum absolute atomic E-state index is 0.296. The summed E-state index contributed by atoms with van der Waals surface area (Å²) >= 11 is 0. The molecule has 1 saturated heterocycles. The number of para-hydroxylation sites is 1. The number of piperazine rings is 1. The molecule has 0 aromatic heterocycles. The Balaban J connectivity index is 1.45. The predicted octanol–water partition coefficient (Wildman–Crippen LogP) is 2.99. The molecule has 3 rings (SSSR count). The second-order valence-electron chi connectivity index (χ2n) is 7.05. The number of hydrogen-bond donors (Lipinski definition) is 1. The summed E-state index contributed by atoms with van der Waals surface area (Å²) in [6.45, 7) is 8.40. The summed E-state index contributed by atoms with van der Waals surface area (Å²) in [4.78, 5) is 4.65. The van der Waals surface area contributed by atoms with Crippen LogP contribution in [0.4, 0.5) is 5.69 Å². The summed E-state index contributed by atoms with van der Waals surface area (Å²) in [5.41, 5.74) is 2.28. The highest BCUT2D eigenvalue weighted by molar-refractivity contribution is 5.51. The van der Waals surface area contributed by atoms with Crippen molar-refractivity contribution in [1.29, 1.82) is 0 Å². The topological polar surface area (TPSA) is 45.2 Å². The number of rotatable bonds is 9. The lowest BCUT2D eigenvalue weighted by molar-refractivity contribution is 0.0660. The van der Waals surface area contributed by atoms with Crippen LogP contribution in [0.5, 0.6) is 11.5 Å². The van der Waals surface area contributed by atoms with Crippen LogP contribution >= 0.6 is 0 Å². The maximum atomic E-state index is 10.4. The van der Waals surface area contributed by atoms with Gasteiger partial charge in [0.15, 0.2) is 0 Å². The van der Waals surface area contributed by atoms with E-state index in [1.54, 1.807) is 7.11 Å². The summed E-state index contributed by atoms with van der Waals surface area (Å²) in [5.74, 6) is 1.70. The lowest BCUT2D eigenvalue weighted by Gasteiger charge is -2.37. The summed E-state index contributed by atoms with van der Waals surface area (Å²) in [6.07, 6.45) is 2.11. The molecule has 1 atom stereocenters. The monoisotopic (exact) mass is 382 g/mol. The van der Waals surface area contributed by atoms with E-state index in [4.69, 9.17) is 9.47 Å². The van der Waals surface area contributed by atoms with E-state index in [1.807, 2.05) is 42.5 Å². The zero-order valence-electron chi connectivity index (χ0n) is 16.6. The minimum atomic E-state index is -0.514. The Morgan fingerprint density at radius 1 is 1.11 bits per heavy atom. The van der Waals surface area contributed by atoms with Gasteiger partial charge in [0.25, 0.3) is 0 Å². The normalized spacial score (nSPS) is 15.9. The van der Waals surface area contributed by atoms with E-state index in [1.165, 1.54) is 5.69 Å². The Morgan fingerprint density at radius 2 is 1.89 bits per heavy atom. The second kappa shape index (κ2) is 10.2. The van der Waals surface area contributed by atoms with Crippen molar-refractivity contribution in [1.82, 2.24) is 4.90 Å². The number of aliphatic hydroxyl groups is 1. The summed E-state index contributed by atoms with van der Waals surface area (Å²) < 4.78 is 11.2. The molecule has 2 aromatic rings. The van der Waals surface area contributed by atoms with Crippen LogP contribution < -0.4 is 14.4 Å². The zero-order chi connectivity index (χ0) is 19.8. The van der Waals surface area contributed by atoms with E-state index in [2.05, 4.69) is 28.5 Å². The van der Waals surface area contributed by atoms with Crippen molar-refractivity contribution in [2.75, 3.05) is 51.3 Å². The number of β-amino-alcohol motifs (C(OH)–C–C–N with tert-alkyl or cyclic N) is 1. The molecule has 1 heterocycles. The molecule has 150 valence electrons. The molecule has 5 heteroatoms. The third-order valence-electron chi connectivity index (χ3n) is 5.03. The summed E-state index contributed by atoms with van der Waals surface area (Å²) in [5, 5.41) is 10.4. The molecule has 1 aliphatic rings. The molecule has 0 amide bonds. The van der Waals surface area contributed by atoms with Crippen LogP contribution in [0, 0.1) is 0 Å². The van der Waals surface area contributed by atoms with Crippen LogP contribution in [0.15, 0.2) is 61.2 Å². The van der Waals surface area contributed by atoms with Crippen LogP contribution in [-0.4, -0.2) is 62.6 Å². The van der Waals surface area contributed by atoms with Crippen molar-refractivity contribution in [3.63, 3.8) is 0 Å². The van der Waals surface area contributed by atoms with Gasteiger partial charge in [0.1, 0.15) is 24.2 Å². The zero-order valence-corrected chi connectivity index (χ0v) is 16.6. The van der Waals surface area contributed by atoms with Crippen LogP contribution in [0.1, 0.15) is 5.56 Å². The lowest BCUT2D eigenvalue weighted by atomic mass is 10.1. The quantitative estimate of drug-likeness (QED) is 0.676. The number of hydrogen-bond acceptors (Lipinski definition) is 5. The number of ether oxygens (including phenoxy) is 2. The Kier molecular flexibility index (Phi) is 7.34. The van der Waals surface area contributed by atoms with Crippen molar-refractivity contribution in [2.45, 2.75) is 12.5 Å². The van der Waals surface area contributed by atoms with Gasteiger partial charge in [-0.2, -0.15) is 0 Å². The second-order valence-corrected chi connectivity index (χ2v) is 7.05. The Labute approximate surface area is 167 Å². The first-order chi connectivity index (χ1) is 13.7. The average Bonchev–Trinajstić information content (AvgIpc) is 2.74. The Bertz CT molecular complexity index is 757. The smallest absolute Gasteiger partial charge is 0.122 e. The van der Waals surface area contributed by atoms with Gasteiger partial charge in [-0.25, -0.2) is 0 Å². The van der Waals surface area contributed by atoms with Crippen molar-refractivity contribution >= 4 is 5.69 Å². The molecular weight excluding hydrogens is 352 g/mol. The number of anilines is 1. The molecule has 0 spiro atoms. The average molecular weight is 383 g/mol. The first-order valence-corrected chi connectivity index (χ1v) is 9.80. The van der Waals surface area contributed by atoms with Crippen molar-refractivity contribution in [3.8, 4) is 11.5 Å². The van der Waals surface area contributed by atoms with Gasteiger partial charge < -0.3 is 19.5 Å². The summed E-state index contributed by atoms with van der Waals surface area (Å²) in [7, 11) is 1.69. The van der Waals surface area contributed by atoms with Crippen LogP contribution in [-0.2, 0) is 6.42 Å². The van der Waals surface area contributed by atoms with Gasteiger partial charge in [0.2, 0.25) is 0 Å². The third-order valence-corrected chi connectivity index (χ3v) is 5.03. The minimum Gasteiger partial charge on any atom is -0.497 e. The molecule has 0 bridgehead atoms. The molecule has 0 radical (unpaired) electrons. The lowest BCUT2D eigenvalue weighted by Crippen LogP contribution is -2.49. The van der Waals surface area contributed by atoms with Crippen molar-refractivity contribution in [2.24, 2.45) is 0 Å². The molecule has 2 aromatic carbocycles. The van der Waals surface area contributed by atoms with E-state index in [9.17, 15) is 5.11 Å². The van der Waals surface area contributed by atoms with E-state index in [0.29, 0.717) is 13.2 Å². The van der Waals surface area contributed by atoms with Crippen molar-refractivity contribution < 1.29 is 14.6 Å². The fourth-order valence-corrected chi connectivity index (χ4v) is 3.50. The Morgan fingerprint density at radius 3 is 2.64 bits per heavy atom. The molecule has 1 unspecified atom stereocenters.